The van der Waals surface area contributed by atoms with E-state index in [1.807, 2.05) is 62.4 Å². The third kappa shape index (κ3) is 14.2. The van der Waals surface area contributed by atoms with Gasteiger partial charge in [0.15, 0.2) is 12.4 Å². The Bertz CT molecular complexity index is 3070. The van der Waals surface area contributed by atoms with Gasteiger partial charge < -0.3 is 84.1 Å². The molecule has 2 saturated heterocycles. The first-order valence-electron chi connectivity index (χ1n) is 27.5. The van der Waals surface area contributed by atoms with Crippen LogP contribution in [-0.2, 0) is 44.5 Å². The molecule has 450 valence electrons. The van der Waals surface area contributed by atoms with Crippen LogP contribution in [0.4, 0.5) is 0 Å². The average Bonchev–Trinajstić information content (AvgIpc) is 1.92. The van der Waals surface area contributed by atoms with E-state index in [2.05, 4.69) is 5.32 Å². The van der Waals surface area contributed by atoms with Crippen molar-refractivity contribution in [1.82, 2.24) is 5.32 Å². The molecule has 8 rings (SSSR count). The summed E-state index contributed by atoms with van der Waals surface area (Å²) in [7, 11) is 4.21. The van der Waals surface area contributed by atoms with Crippen molar-refractivity contribution in [2.24, 2.45) is 11.8 Å². The van der Waals surface area contributed by atoms with Crippen LogP contribution in [0.15, 0.2) is 146 Å². The van der Waals surface area contributed by atoms with Crippen LogP contribution in [0.5, 0.6) is 34.5 Å². The number of rotatable bonds is 22. The Kier molecular flexibility index (Phi) is 21.7. The quantitative estimate of drug-likeness (QED) is 0.0339. The first-order chi connectivity index (χ1) is 40.1. The van der Waals surface area contributed by atoms with Crippen LogP contribution in [0.1, 0.15) is 67.0 Å². The van der Waals surface area contributed by atoms with Gasteiger partial charge in [0.1, 0.15) is 82.3 Å². The molecule has 0 radical (unpaired) electrons. The Morgan fingerprint density at radius 3 is 1.27 bits per heavy atom. The molecule has 14 atom stereocenters. The van der Waals surface area contributed by atoms with Gasteiger partial charge in [0.25, 0.3) is 0 Å². The van der Waals surface area contributed by atoms with Crippen LogP contribution < -0.4 is 24.3 Å². The molecule has 0 aliphatic carbocycles. The predicted octanol–water partition coefficient (Wildman–Crippen LogP) is 6.76. The highest BCUT2D eigenvalue weighted by Gasteiger charge is 2.54. The van der Waals surface area contributed by atoms with E-state index in [0.29, 0.717) is 56.8 Å². The van der Waals surface area contributed by atoms with Gasteiger partial charge in [0, 0.05) is 7.11 Å². The zero-order valence-electron chi connectivity index (χ0n) is 48.0. The minimum atomic E-state index is -1.94. The summed E-state index contributed by atoms with van der Waals surface area (Å²) in [6.07, 6.45) is -13.5. The number of hydrogen-bond acceptors (Lipinski definition) is 17. The molecule has 0 bridgehead atoms. The van der Waals surface area contributed by atoms with Gasteiger partial charge in [-0.25, -0.2) is 4.79 Å². The summed E-state index contributed by atoms with van der Waals surface area (Å²) in [5, 5.41) is 89.7. The largest absolute Gasteiger partial charge is 0.497 e. The van der Waals surface area contributed by atoms with Gasteiger partial charge in [-0.15, -0.1) is 0 Å². The summed E-state index contributed by atoms with van der Waals surface area (Å²) in [4.78, 5) is 38.4. The van der Waals surface area contributed by atoms with Crippen molar-refractivity contribution in [3.05, 3.63) is 179 Å². The predicted molar refractivity (Wildman–Crippen MR) is 306 cm³/mol. The average molecular weight is 1160 g/mol. The number of methoxy groups -OCH3 is 3. The van der Waals surface area contributed by atoms with Gasteiger partial charge in [-0.3, -0.25) is 9.59 Å². The summed E-state index contributed by atoms with van der Waals surface area (Å²) in [6, 6.07) is 41.0. The lowest BCUT2D eigenvalue weighted by Crippen LogP contribution is -2.68. The van der Waals surface area contributed by atoms with Crippen molar-refractivity contribution in [2.45, 2.75) is 120 Å². The van der Waals surface area contributed by atoms with E-state index in [1.54, 1.807) is 125 Å². The fourth-order valence-corrected chi connectivity index (χ4v) is 10.7. The van der Waals surface area contributed by atoms with Crippen LogP contribution in [0.25, 0.3) is 0 Å². The topological polar surface area (TPSA) is 299 Å². The molecule has 9 N–H and O–H groups in total. The SMILES string of the molecule is CCC(C(=O)NC1[C@H](C)OC(CO)[C@@H](O)[C@@H]1O[C@@H]1OC(C(=O)O)[C@@H](OC)[C@H](O)C1O)C(O)(c1ccc(OC)cc1)c1ccc(Oc2ccc(C)cc2)cc1.CCC(C(=O)O)C(O)(c1ccc(OC)cc1)c1ccc(Oc2ccc(C)cc2)cc1. The Balaban J connectivity index is 0.000000284. The maximum Gasteiger partial charge on any atom is 0.335 e. The lowest BCUT2D eigenvalue weighted by molar-refractivity contribution is -0.327. The molecule has 20 nitrogen and oxygen atoms in total. The monoisotopic (exact) mass is 1160 g/mol. The van der Waals surface area contributed by atoms with Crippen LogP contribution >= 0.6 is 0 Å². The molecule has 6 aromatic rings. The van der Waals surface area contributed by atoms with E-state index in [9.17, 15) is 55.2 Å². The van der Waals surface area contributed by atoms with Crippen molar-refractivity contribution in [2.75, 3.05) is 27.9 Å². The van der Waals surface area contributed by atoms with E-state index in [-0.39, 0.29) is 12.8 Å². The maximum atomic E-state index is 14.5. The number of nitrogens with one attached hydrogen (secondary N) is 1. The molecule has 2 heterocycles. The van der Waals surface area contributed by atoms with Gasteiger partial charge in [-0.05, 0) is 129 Å². The lowest BCUT2D eigenvalue weighted by atomic mass is 9.74. The number of aliphatic hydroxyl groups is 6. The second kappa shape index (κ2) is 28.4. The first kappa shape index (κ1) is 64.1. The molecule has 0 saturated carbocycles. The number of ether oxygens (including phenoxy) is 8. The fraction of sp³-hybridized carbons (Fsp3) is 0.391. The van der Waals surface area contributed by atoms with E-state index < -0.39 is 109 Å². The minimum Gasteiger partial charge on any atom is -0.497 e. The van der Waals surface area contributed by atoms with E-state index >= 15 is 0 Å². The molecule has 2 aliphatic heterocycles. The van der Waals surface area contributed by atoms with Crippen molar-refractivity contribution in [3.63, 3.8) is 0 Å². The van der Waals surface area contributed by atoms with Gasteiger partial charge in [-0.1, -0.05) is 97.8 Å². The number of aryl methyl sites for hydroxylation is 2. The molecule has 2 aliphatic rings. The molecule has 20 heteroatoms. The summed E-state index contributed by atoms with van der Waals surface area (Å²) in [6.45, 7) is 8.37. The van der Waals surface area contributed by atoms with E-state index in [1.165, 1.54) is 7.11 Å². The van der Waals surface area contributed by atoms with Crippen molar-refractivity contribution < 1.29 is 93.1 Å². The molecule has 1 amide bonds. The number of carbonyl (C=O) groups is 3. The van der Waals surface area contributed by atoms with Crippen molar-refractivity contribution in [1.29, 1.82) is 0 Å². The number of carbonyl (C=O) groups excluding carboxylic acids is 1. The number of aliphatic hydroxyl groups excluding tert-OH is 4. The molecular formula is C64H75NO19. The third-order valence-corrected chi connectivity index (χ3v) is 15.4. The van der Waals surface area contributed by atoms with Crippen molar-refractivity contribution in [3.8, 4) is 34.5 Å². The molecular weight excluding hydrogens is 1090 g/mol. The summed E-state index contributed by atoms with van der Waals surface area (Å²) < 4.78 is 44.8. The second-order valence-corrected chi connectivity index (χ2v) is 20.8. The number of aliphatic carboxylic acids is 2. The minimum absolute atomic E-state index is 0.112. The number of carboxylic acids is 2. The van der Waals surface area contributed by atoms with Crippen LogP contribution in [0, 0.1) is 25.7 Å². The van der Waals surface area contributed by atoms with Crippen molar-refractivity contribution >= 4 is 17.8 Å². The Hall–Kier alpha value is -7.47. The van der Waals surface area contributed by atoms with E-state index in [4.69, 9.17) is 37.9 Å². The summed E-state index contributed by atoms with van der Waals surface area (Å²) >= 11 is 0. The molecule has 6 aromatic carbocycles. The van der Waals surface area contributed by atoms with Gasteiger partial charge in [0.05, 0.1) is 44.8 Å². The normalized spacial score (nSPS) is 24.3. The van der Waals surface area contributed by atoms with Gasteiger partial charge in [0.2, 0.25) is 5.91 Å². The Labute approximate surface area is 487 Å². The van der Waals surface area contributed by atoms with Gasteiger partial charge >= 0.3 is 11.9 Å². The van der Waals surface area contributed by atoms with Crippen LogP contribution in [0.2, 0.25) is 0 Å². The standard InChI is InChI=1S/C39H49NO14.C25H26O5/c1-6-27(39(48,22-9-15-24(49-4)16-10-22)23-11-17-26(18-12-23)52-25-13-7-20(2)8-14-25)36(45)40-29-21(3)51-28(19-41)30(42)33(29)53-38-32(44)31(43)34(50-5)35(54-38)37(46)47;1-4-23(24(26)27)25(28,18-7-13-20(29-3)14-8-18)19-9-15-22(16-10-19)30-21-11-5-17(2)6-12-21/h7-18,21,27-35,38,41-44,48H,6,19H2,1-5H3,(H,40,45)(H,46,47);5-16,23,28H,4H2,1-3H3,(H,26,27)/t21-,27?,28?,29?,30+,31+,32?,33+,34-,35?,38+,39?;/m0./s1. The Morgan fingerprint density at radius 2 is 0.929 bits per heavy atom. The summed E-state index contributed by atoms with van der Waals surface area (Å²) in [5.74, 6) is -1.85. The lowest BCUT2D eigenvalue weighted by Gasteiger charge is -2.47. The number of benzene rings is 6. The maximum absolute atomic E-state index is 14.5. The highest BCUT2D eigenvalue weighted by atomic mass is 16.7. The highest BCUT2D eigenvalue weighted by molar-refractivity contribution is 5.81. The molecule has 0 aromatic heterocycles. The third-order valence-electron chi connectivity index (χ3n) is 15.4. The van der Waals surface area contributed by atoms with Gasteiger partial charge in [-0.2, -0.15) is 0 Å². The molecule has 84 heavy (non-hydrogen) atoms. The smallest absolute Gasteiger partial charge is 0.335 e. The van der Waals surface area contributed by atoms with E-state index in [0.717, 1.165) is 18.2 Å². The zero-order chi connectivity index (χ0) is 61.0. The molecule has 0 spiro atoms. The summed E-state index contributed by atoms with van der Waals surface area (Å²) in [5.41, 5.74) is 0.294. The molecule has 2 fully saturated rings. The zero-order valence-corrected chi connectivity index (χ0v) is 48.0. The number of amides is 1. The number of hydrogen-bond donors (Lipinski definition) is 9. The molecule has 8 unspecified atom stereocenters. The second-order valence-electron chi connectivity index (χ2n) is 20.8. The van der Waals surface area contributed by atoms with Crippen LogP contribution in [-0.4, -0.2) is 148 Å². The number of carboxylic acid groups (broad SMARTS) is 2. The van der Waals surface area contributed by atoms with Crippen LogP contribution in [0.3, 0.4) is 0 Å². The fourth-order valence-electron chi connectivity index (χ4n) is 10.7. The Morgan fingerprint density at radius 1 is 0.548 bits per heavy atom. The first-order valence-corrected chi connectivity index (χ1v) is 27.5. The highest BCUT2D eigenvalue weighted by Crippen LogP contribution is 2.43.